The van der Waals surface area contributed by atoms with Gasteiger partial charge in [0.25, 0.3) is 0 Å². The molecule has 0 bridgehead atoms. The van der Waals surface area contributed by atoms with E-state index in [9.17, 15) is 9.59 Å². The Labute approximate surface area is 186 Å². The molecule has 31 heavy (non-hydrogen) atoms. The third kappa shape index (κ3) is 10.2. The Bertz CT molecular complexity index is 815. The van der Waals surface area contributed by atoms with Gasteiger partial charge in [-0.15, -0.1) is 0 Å². The van der Waals surface area contributed by atoms with Gasteiger partial charge in [-0.2, -0.15) is 0 Å². The number of rotatable bonds is 12. The maximum atomic E-state index is 12.1. The number of amides is 1. The molecule has 0 aromatic heterocycles. The van der Waals surface area contributed by atoms with Crippen LogP contribution in [-0.2, 0) is 25.2 Å². The summed E-state index contributed by atoms with van der Waals surface area (Å²) in [6, 6.07) is 15.8. The normalized spacial score (nSPS) is 11.6. The van der Waals surface area contributed by atoms with Gasteiger partial charge in [0.15, 0.2) is 6.10 Å². The number of ether oxygens (including phenoxy) is 4. The molecular weight excluding hydrogens is 418 g/mol. The molecule has 168 valence electrons. The van der Waals surface area contributed by atoms with E-state index in [1.54, 1.807) is 48.5 Å². The van der Waals surface area contributed by atoms with Crippen LogP contribution in [0.25, 0.3) is 0 Å². The third-order valence-electron chi connectivity index (χ3n) is 4.01. The number of hydrogen-bond acceptors (Lipinski definition) is 6. The average molecular weight is 449 g/mol. The van der Waals surface area contributed by atoms with Crippen LogP contribution in [0.2, 0.25) is 0 Å². The summed E-state index contributed by atoms with van der Waals surface area (Å²) < 4.78 is 21.7. The van der Waals surface area contributed by atoms with Crippen LogP contribution >= 0.6 is 0 Å². The lowest BCUT2D eigenvalue weighted by Crippen LogP contribution is -2.31. The minimum atomic E-state index is -0.827. The highest BCUT2D eigenvalue weighted by Crippen LogP contribution is 2.18. The van der Waals surface area contributed by atoms with Crippen LogP contribution in [0.1, 0.15) is 13.3 Å². The van der Waals surface area contributed by atoms with Gasteiger partial charge in [-0.25, -0.2) is 4.79 Å². The maximum Gasteiger partial charge on any atom is 0.514 e. The van der Waals surface area contributed by atoms with E-state index in [0.717, 1.165) is 5.75 Å². The number of para-hydroxylation sites is 1. The summed E-state index contributed by atoms with van der Waals surface area (Å²) in [5.41, 5.74) is 0.653. The summed E-state index contributed by atoms with van der Waals surface area (Å²) in [5.74, 6) is 1.77. The maximum absolute atomic E-state index is 12.1. The van der Waals surface area contributed by atoms with E-state index >= 15 is 0 Å². The summed E-state index contributed by atoms with van der Waals surface area (Å²) in [6.07, 6.45) is 3.22. The van der Waals surface area contributed by atoms with Crippen molar-refractivity contribution in [3.05, 3.63) is 54.6 Å². The molecule has 0 heterocycles. The first-order chi connectivity index (χ1) is 15.0. The van der Waals surface area contributed by atoms with Crippen molar-refractivity contribution >= 4 is 28.6 Å². The molecule has 2 rings (SSSR count). The molecule has 2 aromatic carbocycles. The number of hydrogen-bond donors (Lipinski definition) is 1. The van der Waals surface area contributed by atoms with Gasteiger partial charge in [0.05, 0.1) is 25.5 Å². The summed E-state index contributed by atoms with van der Waals surface area (Å²) in [6.45, 7) is 2.58. The van der Waals surface area contributed by atoms with E-state index < -0.39 is 12.3 Å². The molecule has 0 aliphatic carbocycles. The lowest BCUT2D eigenvalue weighted by atomic mass is 10.3. The Morgan fingerprint density at radius 3 is 2.45 bits per heavy atom. The molecule has 1 unspecified atom stereocenters. The van der Waals surface area contributed by atoms with Gasteiger partial charge in [-0.1, -0.05) is 24.3 Å². The van der Waals surface area contributed by atoms with E-state index in [1.165, 1.54) is 0 Å². The summed E-state index contributed by atoms with van der Waals surface area (Å²) in [7, 11) is 0.223. The highest BCUT2D eigenvalue weighted by atomic mass is 32.2. The highest BCUT2D eigenvalue weighted by molar-refractivity contribution is 7.95. The molecule has 1 N–H and O–H groups in total. The van der Waals surface area contributed by atoms with Crippen LogP contribution < -0.4 is 14.8 Å². The predicted molar refractivity (Wildman–Crippen MR) is 123 cm³/mol. The van der Waals surface area contributed by atoms with E-state index in [0.29, 0.717) is 30.2 Å². The van der Waals surface area contributed by atoms with Gasteiger partial charge in [0.2, 0.25) is 5.91 Å². The van der Waals surface area contributed by atoms with Gasteiger partial charge < -0.3 is 24.3 Å². The van der Waals surface area contributed by atoms with Crippen molar-refractivity contribution in [2.45, 2.75) is 19.4 Å². The molecule has 0 aliphatic rings. The second kappa shape index (κ2) is 13.6. The van der Waals surface area contributed by atoms with Crippen molar-refractivity contribution in [2.24, 2.45) is 0 Å². The fraction of sp³-hybridized carbons (Fsp3) is 0.391. The van der Waals surface area contributed by atoms with Crippen LogP contribution in [0.15, 0.2) is 54.6 Å². The van der Waals surface area contributed by atoms with E-state index in [2.05, 4.69) is 17.8 Å². The molecule has 0 aliphatic heterocycles. The number of anilines is 1. The van der Waals surface area contributed by atoms with Crippen LogP contribution in [0.4, 0.5) is 10.5 Å². The molecule has 0 radical (unpaired) electrons. The van der Waals surface area contributed by atoms with Crippen molar-refractivity contribution in [2.75, 3.05) is 43.4 Å². The Hall–Kier alpha value is -2.71. The first kappa shape index (κ1) is 24.6. The number of benzene rings is 2. The molecule has 0 fully saturated rings. The first-order valence-electron chi connectivity index (χ1n) is 10.0. The van der Waals surface area contributed by atoms with Gasteiger partial charge in [0.1, 0.15) is 23.9 Å². The zero-order valence-electron chi connectivity index (χ0n) is 18.2. The quantitative estimate of drug-likeness (QED) is 0.301. The fourth-order valence-electron chi connectivity index (χ4n) is 2.48. The smallest absolute Gasteiger partial charge is 0.490 e. The Morgan fingerprint density at radius 1 is 1.00 bits per heavy atom. The van der Waals surface area contributed by atoms with Crippen LogP contribution in [0, 0.1) is 0 Å². The molecule has 2 aromatic rings. The minimum absolute atomic E-state index is 0.0282. The van der Waals surface area contributed by atoms with Crippen molar-refractivity contribution in [1.82, 2.24) is 0 Å². The van der Waals surface area contributed by atoms with E-state index in [-0.39, 0.29) is 30.0 Å². The lowest BCUT2D eigenvalue weighted by molar-refractivity contribution is -0.115. The molecule has 0 saturated carbocycles. The minimum Gasteiger partial charge on any atom is -0.490 e. The standard InChI is InChI=1S/C23H29NO6S/c1-4-27-16-21(30-23(26)29-19-10-6-5-7-11-19)17-28-20-12-8-9-18(15-20)24-22(25)13-14-31(2)3/h5-12,15,21H,4,13-14,16-17H2,1-3H3/p+1. The zero-order chi connectivity index (χ0) is 22.5. The second-order valence-electron chi connectivity index (χ2n) is 6.89. The molecule has 0 spiro atoms. The Kier molecular flexibility index (Phi) is 10.7. The van der Waals surface area contributed by atoms with Crippen LogP contribution in [-0.4, -0.2) is 56.3 Å². The third-order valence-corrected chi connectivity index (χ3v) is 5.03. The fourth-order valence-corrected chi connectivity index (χ4v) is 3.08. The van der Waals surface area contributed by atoms with Crippen LogP contribution in [0.5, 0.6) is 11.5 Å². The summed E-state index contributed by atoms with van der Waals surface area (Å²) in [4.78, 5) is 24.1. The van der Waals surface area contributed by atoms with E-state index in [1.807, 2.05) is 13.0 Å². The number of nitrogens with one attached hydrogen (secondary N) is 1. The number of carbonyl (C=O) groups is 2. The molecular formula is C23H30NO6S+. The van der Waals surface area contributed by atoms with Crippen LogP contribution in [0.3, 0.4) is 0 Å². The molecule has 0 saturated heterocycles. The molecule has 1 atom stereocenters. The SMILES string of the molecule is CCOCC(COc1cccc(NC(=O)CC[S+](C)C)c1)OC(=O)Oc1ccccc1. The highest BCUT2D eigenvalue weighted by Gasteiger charge is 2.18. The van der Waals surface area contributed by atoms with Crippen molar-refractivity contribution in [3.8, 4) is 11.5 Å². The van der Waals surface area contributed by atoms with Gasteiger partial charge in [-0.05, 0) is 42.1 Å². The molecule has 8 heteroatoms. The van der Waals surface area contributed by atoms with Gasteiger partial charge >= 0.3 is 6.16 Å². The van der Waals surface area contributed by atoms with Crippen molar-refractivity contribution < 1.29 is 28.5 Å². The van der Waals surface area contributed by atoms with Crippen molar-refractivity contribution in [1.29, 1.82) is 0 Å². The van der Waals surface area contributed by atoms with E-state index in [4.69, 9.17) is 18.9 Å². The lowest BCUT2D eigenvalue weighted by Gasteiger charge is -2.18. The van der Waals surface area contributed by atoms with Gasteiger partial charge in [-0.3, -0.25) is 4.79 Å². The summed E-state index contributed by atoms with van der Waals surface area (Å²) in [5, 5.41) is 2.87. The monoisotopic (exact) mass is 448 g/mol. The predicted octanol–water partition coefficient (Wildman–Crippen LogP) is 3.89. The largest absolute Gasteiger partial charge is 0.514 e. The summed E-state index contributed by atoms with van der Waals surface area (Å²) >= 11 is 0. The zero-order valence-corrected chi connectivity index (χ0v) is 19.0. The topological polar surface area (TPSA) is 83.1 Å². The first-order valence-corrected chi connectivity index (χ1v) is 12.3. The Morgan fingerprint density at radius 2 is 1.74 bits per heavy atom. The molecule has 1 amide bonds. The Balaban J connectivity index is 1.88. The second-order valence-corrected chi connectivity index (χ2v) is 9.27. The molecule has 7 nitrogen and oxygen atoms in total. The van der Waals surface area contributed by atoms with Crippen molar-refractivity contribution in [3.63, 3.8) is 0 Å². The van der Waals surface area contributed by atoms with Gasteiger partial charge in [0, 0.05) is 18.4 Å². The average Bonchev–Trinajstić information content (AvgIpc) is 2.75. The number of carbonyl (C=O) groups excluding carboxylic acids is 2.